The standard InChI is InChI=1S/C18H30N2O3/c1-6-12-18(3,23-7-2)17(21)19-15-8-10-16(11-9-15)22-14-13-20(4)5/h8-11H,6-7,12-14H2,1-5H3,(H,19,21). The van der Waals surface area contributed by atoms with Crippen LogP contribution in [0, 0.1) is 0 Å². The first-order valence-corrected chi connectivity index (χ1v) is 8.24. The van der Waals surface area contributed by atoms with Crippen LogP contribution in [-0.4, -0.2) is 50.3 Å². The van der Waals surface area contributed by atoms with E-state index in [1.165, 1.54) is 0 Å². The monoisotopic (exact) mass is 322 g/mol. The van der Waals surface area contributed by atoms with E-state index in [9.17, 15) is 4.79 Å². The van der Waals surface area contributed by atoms with Gasteiger partial charge in [-0.15, -0.1) is 0 Å². The van der Waals surface area contributed by atoms with Crippen LogP contribution in [0.25, 0.3) is 0 Å². The molecule has 1 N–H and O–H groups in total. The van der Waals surface area contributed by atoms with Crippen molar-refractivity contribution in [3.8, 4) is 5.75 Å². The molecule has 23 heavy (non-hydrogen) atoms. The topological polar surface area (TPSA) is 50.8 Å². The number of nitrogens with zero attached hydrogens (tertiary/aromatic N) is 1. The molecule has 1 aromatic rings. The Morgan fingerprint density at radius 1 is 1.22 bits per heavy atom. The summed E-state index contributed by atoms with van der Waals surface area (Å²) in [4.78, 5) is 14.5. The van der Waals surface area contributed by atoms with Crippen LogP contribution in [0.3, 0.4) is 0 Å². The molecule has 1 rings (SSSR count). The van der Waals surface area contributed by atoms with Crippen molar-refractivity contribution >= 4 is 11.6 Å². The molecule has 0 saturated carbocycles. The Morgan fingerprint density at radius 3 is 2.39 bits per heavy atom. The normalized spacial score (nSPS) is 13.7. The maximum atomic E-state index is 12.5. The van der Waals surface area contributed by atoms with Gasteiger partial charge in [0.1, 0.15) is 18.0 Å². The Morgan fingerprint density at radius 2 is 1.87 bits per heavy atom. The van der Waals surface area contributed by atoms with Crippen molar-refractivity contribution in [2.24, 2.45) is 0 Å². The molecular weight excluding hydrogens is 292 g/mol. The van der Waals surface area contributed by atoms with Crippen molar-refractivity contribution in [2.45, 2.75) is 39.2 Å². The van der Waals surface area contributed by atoms with Gasteiger partial charge in [0.15, 0.2) is 0 Å². The molecule has 0 fully saturated rings. The molecular formula is C18H30N2O3. The number of anilines is 1. The Labute approximate surface area is 140 Å². The van der Waals surface area contributed by atoms with Crippen LogP contribution in [0.5, 0.6) is 5.75 Å². The first-order chi connectivity index (χ1) is 10.9. The van der Waals surface area contributed by atoms with E-state index in [1.807, 2.05) is 59.1 Å². The lowest BCUT2D eigenvalue weighted by Crippen LogP contribution is -2.42. The minimum atomic E-state index is -0.787. The highest BCUT2D eigenvalue weighted by atomic mass is 16.5. The molecule has 0 bridgehead atoms. The fourth-order valence-electron chi connectivity index (χ4n) is 2.29. The third kappa shape index (κ3) is 6.59. The van der Waals surface area contributed by atoms with E-state index >= 15 is 0 Å². The van der Waals surface area contributed by atoms with Crippen LogP contribution in [0.1, 0.15) is 33.6 Å². The van der Waals surface area contributed by atoms with Gasteiger partial charge in [-0.1, -0.05) is 13.3 Å². The highest BCUT2D eigenvalue weighted by molar-refractivity contribution is 5.97. The van der Waals surface area contributed by atoms with Crippen LogP contribution in [0.4, 0.5) is 5.69 Å². The summed E-state index contributed by atoms with van der Waals surface area (Å²) in [5.74, 6) is 0.688. The molecule has 5 nitrogen and oxygen atoms in total. The van der Waals surface area contributed by atoms with E-state index in [0.29, 0.717) is 19.6 Å². The number of hydrogen-bond donors (Lipinski definition) is 1. The summed E-state index contributed by atoms with van der Waals surface area (Å²) < 4.78 is 11.3. The van der Waals surface area contributed by atoms with Gasteiger partial charge in [0.2, 0.25) is 0 Å². The van der Waals surface area contributed by atoms with Gasteiger partial charge in [-0.3, -0.25) is 4.79 Å². The van der Waals surface area contributed by atoms with Gasteiger partial charge in [-0.25, -0.2) is 0 Å². The number of amides is 1. The average molecular weight is 322 g/mol. The van der Waals surface area contributed by atoms with E-state index < -0.39 is 5.60 Å². The third-order valence-electron chi connectivity index (χ3n) is 3.59. The maximum absolute atomic E-state index is 12.5. The molecule has 1 amide bonds. The zero-order valence-corrected chi connectivity index (χ0v) is 15.0. The molecule has 0 aliphatic heterocycles. The lowest BCUT2D eigenvalue weighted by molar-refractivity contribution is -0.139. The number of rotatable bonds is 10. The molecule has 0 radical (unpaired) electrons. The van der Waals surface area contributed by atoms with Gasteiger partial charge in [0.25, 0.3) is 5.91 Å². The van der Waals surface area contributed by atoms with Crippen LogP contribution in [-0.2, 0) is 9.53 Å². The van der Waals surface area contributed by atoms with E-state index in [1.54, 1.807) is 0 Å². The smallest absolute Gasteiger partial charge is 0.256 e. The van der Waals surface area contributed by atoms with Crippen molar-refractivity contribution in [2.75, 3.05) is 39.2 Å². The van der Waals surface area contributed by atoms with Crippen LogP contribution in [0.2, 0.25) is 0 Å². The maximum Gasteiger partial charge on any atom is 0.256 e. The number of ether oxygens (including phenoxy) is 2. The quantitative estimate of drug-likeness (QED) is 0.719. The number of carbonyl (C=O) groups excluding carboxylic acids is 1. The van der Waals surface area contributed by atoms with E-state index in [-0.39, 0.29) is 5.91 Å². The molecule has 0 aliphatic rings. The highest BCUT2D eigenvalue weighted by Gasteiger charge is 2.32. The van der Waals surface area contributed by atoms with Crippen molar-refractivity contribution in [1.29, 1.82) is 0 Å². The Bertz CT molecular complexity index is 466. The van der Waals surface area contributed by atoms with Gasteiger partial charge in [0.05, 0.1) is 0 Å². The molecule has 0 spiro atoms. The minimum absolute atomic E-state index is 0.109. The molecule has 0 aliphatic carbocycles. The third-order valence-corrected chi connectivity index (χ3v) is 3.59. The summed E-state index contributed by atoms with van der Waals surface area (Å²) in [5, 5.41) is 2.93. The molecule has 0 aromatic heterocycles. The fourth-order valence-corrected chi connectivity index (χ4v) is 2.29. The second-order valence-corrected chi connectivity index (χ2v) is 6.04. The van der Waals surface area contributed by atoms with Gasteiger partial charge in [-0.2, -0.15) is 0 Å². The SMILES string of the molecule is CCCC(C)(OCC)C(=O)Nc1ccc(OCCN(C)C)cc1. The first kappa shape index (κ1) is 19.5. The van der Waals surface area contributed by atoms with E-state index in [4.69, 9.17) is 9.47 Å². The summed E-state index contributed by atoms with van der Waals surface area (Å²) >= 11 is 0. The molecule has 130 valence electrons. The summed E-state index contributed by atoms with van der Waals surface area (Å²) in [6.45, 7) is 7.81. The van der Waals surface area contributed by atoms with Crippen LogP contribution < -0.4 is 10.1 Å². The lowest BCUT2D eigenvalue weighted by atomic mass is 9.99. The number of benzene rings is 1. The first-order valence-electron chi connectivity index (χ1n) is 8.24. The summed E-state index contributed by atoms with van der Waals surface area (Å²) in [6.07, 6.45) is 1.58. The molecule has 1 atom stereocenters. The summed E-state index contributed by atoms with van der Waals surface area (Å²) in [5.41, 5.74) is -0.0401. The van der Waals surface area contributed by atoms with Crippen molar-refractivity contribution in [3.63, 3.8) is 0 Å². The van der Waals surface area contributed by atoms with Gasteiger partial charge in [-0.05, 0) is 58.6 Å². The van der Waals surface area contributed by atoms with Crippen molar-refractivity contribution in [3.05, 3.63) is 24.3 Å². The van der Waals surface area contributed by atoms with E-state index in [0.717, 1.165) is 24.4 Å². The zero-order valence-electron chi connectivity index (χ0n) is 15.0. The van der Waals surface area contributed by atoms with Gasteiger partial charge < -0.3 is 19.7 Å². The Balaban J connectivity index is 2.61. The zero-order chi connectivity index (χ0) is 17.3. The summed E-state index contributed by atoms with van der Waals surface area (Å²) in [7, 11) is 4.02. The summed E-state index contributed by atoms with van der Waals surface area (Å²) in [6, 6.07) is 7.43. The predicted octanol–water partition coefficient (Wildman–Crippen LogP) is 3.16. The predicted molar refractivity (Wildman–Crippen MR) is 94.1 cm³/mol. The van der Waals surface area contributed by atoms with Crippen molar-refractivity contribution < 1.29 is 14.3 Å². The average Bonchev–Trinajstić information content (AvgIpc) is 2.49. The largest absolute Gasteiger partial charge is 0.492 e. The van der Waals surface area contributed by atoms with E-state index in [2.05, 4.69) is 10.2 Å². The second kappa shape index (κ2) is 9.53. The van der Waals surface area contributed by atoms with Gasteiger partial charge in [0, 0.05) is 18.8 Å². The molecule has 5 heteroatoms. The molecule has 0 heterocycles. The van der Waals surface area contributed by atoms with Crippen LogP contribution >= 0.6 is 0 Å². The number of nitrogens with one attached hydrogen (secondary N) is 1. The lowest BCUT2D eigenvalue weighted by Gasteiger charge is -2.27. The second-order valence-electron chi connectivity index (χ2n) is 6.04. The Hall–Kier alpha value is -1.59. The molecule has 1 aromatic carbocycles. The number of hydrogen-bond acceptors (Lipinski definition) is 4. The number of carbonyl (C=O) groups is 1. The van der Waals surface area contributed by atoms with Crippen molar-refractivity contribution in [1.82, 2.24) is 4.90 Å². The highest BCUT2D eigenvalue weighted by Crippen LogP contribution is 2.22. The molecule has 0 saturated heterocycles. The molecule has 1 unspecified atom stereocenters. The fraction of sp³-hybridized carbons (Fsp3) is 0.611. The number of likely N-dealkylation sites (N-methyl/N-ethyl adjacent to an activating group) is 1. The van der Waals surface area contributed by atoms with Crippen LogP contribution in [0.15, 0.2) is 24.3 Å². The minimum Gasteiger partial charge on any atom is -0.492 e. The Kier molecular flexibility index (Phi) is 8.06. The van der Waals surface area contributed by atoms with Gasteiger partial charge >= 0.3 is 0 Å².